The third kappa shape index (κ3) is 4.72. The number of benzene rings is 1. The van der Waals surface area contributed by atoms with Gasteiger partial charge < -0.3 is 4.74 Å². The van der Waals surface area contributed by atoms with Crippen LogP contribution in [-0.2, 0) is 23.6 Å². The van der Waals surface area contributed by atoms with Gasteiger partial charge in [-0.2, -0.15) is 5.10 Å². The maximum atomic E-state index is 12.5. The Labute approximate surface area is 159 Å². The van der Waals surface area contributed by atoms with E-state index in [0.29, 0.717) is 18.1 Å². The van der Waals surface area contributed by atoms with E-state index < -0.39 is 10.0 Å². The van der Waals surface area contributed by atoms with Crippen LogP contribution in [0.1, 0.15) is 19.0 Å². The SMILES string of the molecule is CCCOc1ccc(S(=O)(=O)NCc2cc(-c3ccccn3)n(C)n2)cc1. The summed E-state index contributed by atoms with van der Waals surface area (Å²) in [4.78, 5) is 4.48. The van der Waals surface area contributed by atoms with Crippen molar-refractivity contribution in [1.82, 2.24) is 19.5 Å². The topological polar surface area (TPSA) is 86.1 Å². The van der Waals surface area contributed by atoms with Gasteiger partial charge in [-0.15, -0.1) is 0 Å². The Hall–Kier alpha value is -2.71. The Balaban J connectivity index is 1.69. The first-order valence-corrected chi connectivity index (χ1v) is 10.1. The highest BCUT2D eigenvalue weighted by atomic mass is 32.2. The lowest BCUT2D eigenvalue weighted by atomic mass is 10.2. The number of nitrogens with zero attached hydrogens (tertiary/aromatic N) is 3. The van der Waals surface area contributed by atoms with Crippen LogP contribution >= 0.6 is 0 Å². The summed E-state index contributed by atoms with van der Waals surface area (Å²) >= 11 is 0. The highest BCUT2D eigenvalue weighted by molar-refractivity contribution is 7.89. The molecule has 3 rings (SSSR count). The predicted molar refractivity (Wildman–Crippen MR) is 103 cm³/mol. The smallest absolute Gasteiger partial charge is 0.240 e. The van der Waals surface area contributed by atoms with Crippen LogP contribution in [0.25, 0.3) is 11.4 Å². The van der Waals surface area contributed by atoms with Crippen molar-refractivity contribution in [3.05, 3.63) is 60.4 Å². The quantitative estimate of drug-likeness (QED) is 0.643. The van der Waals surface area contributed by atoms with Gasteiger partial charge in [-0.05, 0) is 48.9 Å². The number of hydrogen-bond acceptors (Lipinski definition) is 5. The zero-order chi connectivity index (χ0) is 19.3. The molecule has 0 saturated carbocycles. The van der Waals surface area contributed by atoms with Gasteiger partial charge in [0.25, 0.3) is 0 Å². The summed E-state index contributed by atoms with van der Waals surface area (Å²) in [6, 6.07) is 13.8. The molecule has 2 aromatic heterocycles. The Morgan fingerprint density at radius 1 is 1.15 bits per heavy atom. The van der Waals surface area contributed by atoms with E-state index in [2.05, 4.69) is 14.8 Å². The molecule has 0 aliphatic rings. The van der Waals surface area contributed by atoms with E-state index in [4.69, 9.17) is 4.74 Å². The monoisotopic (exact) mass is 386 g/mol. The van der Waals surface area contributed by atoms with E-state index in [9.17, 15) is 8.42 Å². The van der Waals surface area contributed by atoms with E-state index in [1.54, 1.807) is 30.1 Å². The summed E-state index contributed by atoms with van der Waals surface area (Å²) in [6.45, 7) is 2.71. The van der Waals surface area contributed by atoms with Crippen molar-refractivity contribution in [3.8, 4) is 17.1 Å². The molecule has 7 nitrogen and oxygen atoms in total. The van der Waals surface area contributed by atoms with Crippen molar-refractivity contribution in [2.75, 3.05) is 6.61 Å². The molecule has 1 N–H and O–H groups in total. The van der Waals surface area contributed by atoms with Crippen molar-refractivity contribution < 1.29 is 13.2 Å². The number of rotatable bonds is 8. The largest absolute Gasteiger partial charge is 0.494 e. The molecular formula is C19H22N4O3S. The first kappa shape index (κ1) is 19.1. The summed E-state index contributed by atoms with van der Waals surface area (Å²) in [5.74, 6) is 0.653. The molecule has 0 spiro atoms. The van der Waals surface area contributed by atoms with Crippen LogP contribution in [0.5, 0.6) is 5.75 Å². The first-order valence-electron chi connectivity index (χ1n) is 8.66. The first-order chi connectivity index (χ1) is 13.0. The second kappa shape index (κ2) is 8.32. The van der Waals surface area contributed by atoms with Gasteiger partial charge in [0.2, 0.25) is 10.0 Å². The lowest BCUT2D eigenvalue weighted by Crippen LogP contribution is -2.23. The number of hydrogen-bond donors (Lipinski definition) is 1. The molecule has 0 bridgehead atoms. The second-order valence-electron chi connectivity index (χ2n) is 6.00. The molecule has 0 radical (unpaired) electrons. The highest BCUT2D eigenvalue weighted by Crippen LogP contribution is 2.19. The van der Waals surface area contributed by atoms with Crippen molar-refractivity contribution >= 4 is 10.0 Å². The van der Waals surface area contributed by atoms with Crippen LogP contribution < -0.4 is 9.46 Å². The summed E-state index contributed by atoms with van der Waals surface area (Å²) < 4.78 is 34.7. The summed E-state index contributed by atoms with van der Waals surface area (Å²) in [5, 5.41) is 4.36. The Bertz CT molecular complexity index is 984. The number of sulfonamides is 1. The van der Waals surface area contributed by atoms with E-state index >= 15 is 0 Å². The normalized spacial score (nSPS) is 11.5. The molecular weight excluding hydrogens is 364 g/mol. The third-order valence-corrected chi connectivity index (χ3v) is 5.33. The van der Waals surface area contributed by atoms with Crippen molar-refractivity contribution in [2.45, 2.75) is 24.8 Å². The highest BCUT2D eigenvalue weighted by Gasteiger charge is 2.16. The fourth-order valence-corrected chi connectivity index (χ4v) is 3.55. The van der Waals surface area contributed by atoms with Gasteiger partial charge in [-0.3, -0.25) is 9.67 Å². The standard InChI is InChI=1S/C19H22N4O3S/c1-3-12-26-16-7-9-17(10-8-16)27(24,25)21-14-15-13-19(23(2)22-15)18-6-4-5-11-20-18/h4-11,13,21H,3,12,14H2,1-2H3. The van der Waals surface area contributed by atoms with E-state index in [1.807, 2.05) is 31.2 Å². The van der Waals surface area contributed by atoms with Crippen molar-refractivity contribution in [2.24, 2.45) is 7.05 Å². The summed E-state index contributed by atoms with van der Waals surface area (Å²) in [6.07, 6.45) is 2.60. The van der Waals surface area contributed by atoms with Crippen LogP contribution in [0.2, 0.25) is 0 Å². The Morgan fingerprint density at radius 2 is 1.93 bits per heavy atom. The zero-order valence-corrected chi connectivity index (χ0v) is 16.1. The summed E-state index contributed by atoms with van der Waals surface area (Å²) in [7, 11) is -1.83. The molecule has 8 heteroatoms. The van der Waals surface area contributed by atoms with Gasteiger partial charge in [0.1, 0.15) is 5.75 Å². The molecule has 2 heterocycles. The lowest BCUT2D eigenvalue weighted by Gasteiger charge is -2.07. The molecule has 142 valence electrons. The second-order valence-corrected chi connectivity index (χ2v) is 7.77. The van der Waals surface area contributed by atoms with Gasteiger partial charge in [-0.25, -0.2) is 13.1 Å². The molecule has 0 aliphatic carbocycles. The number of ether oxygens (including phenoxy) is 1. The van der Waals surface area contributed by atoms with E-state index in [1.165, 1.54) is 12.1 Å². The van der Waals surface area contributed by atoms with Crippen molar-refractivity contribution in [1.29, 1.82) is 0 Å². The molecule has 3 aromatic rings. The molecule has 0 saturated heterocycles. The molecule has 27 heavy (non-hydrogen) atoms. The molecule has 0 unspecified atom stereocenters. The molecule has 0 fully saturated rings. The number of pyridine rings is 1. The van der Waals surface area contributed by atoms with Crippen LogP contribution in [0.3, 0.4) is 0 Å². The fourth-order valence-electron chi connectivity index (χ4n) is 2.55. The number of aryl methyl sites for hydroxylation is 1. The Kier molecular flexibility index (Phi) is 5.88. The van der Waals surface area contributed by atoms with E-state index in [-0.39, 0.29) is 11.4 Å². The molecule has 1 aromatic carbocycles. The maximum absolute atomic E-state index is 12.5. The molecule has 0 atom stereocenters. The third-order valence-electron chi connectivity index (χ3n) is 3.91. The average Bonchev–Trinajstić information content (AvgIpc) is 3.06. The maximum Gasteiger partial charge on any atom is 0.240 e. The summed E-state index contributed by atoms with van der Waals surface area (Å²) in [5.41, 5.74) is 2.22. The minimum absolute atomic E-state index is 0.0943. The van der Waals surface area contributed by atoms with Crippen LogP contribution in [0.15, 0.2) is 59.6 Å². The lowest BCUT2D eigenvalue weighted by molar-refractivity contribution is 0.317. The van der Waals surface area contributed by atoms with Gasteiger partial charge in [0.15, 0.2) is 0 Å². The predicted octanol–water partition coefficient (Wildman–Crippen LogP) is 2.75. The van der Waals surface area contributed by atoms with Gasteiger partial charge in [0.05, 0.1) is 35.1 Å². The van der Waals surface area contributed by atoms with Crippen LogP contribution in [0, 0.1) is 0 Å². The minimum atomic E-state index is -3.63. The fraction of sp³-hybridized carbons (Fsp3) is 0.263. The van der Waals surface area contributed by atoms with Gasteiger partial charge in [-0.1, -0.05) is 13.0 Å². The van der Waals surface area contributed by atoms with Gasteiger partial charge in [0, 0.05) is 13.2 Å². The number of nitrogens with one attached hydrogen (secondary N) is 1. The number of aromatic nitrogens is 3. The van der Waals surface area contributed by atoms with Crippen molar-refractivity contribution in [3.63, 3.8) is 0 Å². The van der Waals surface area contributed by atoms with Gasteiger partial charge >= 0.3 is 0 Å². The molecule has 0 aliphatic heterocycles. The zero-order valence-electron chi connectivity index (χ0n) is 15.3. The van der Waals surface area contributed by atoms with Crippen LogP contribution in [0.4, 0.5) is 0 Å². The average molecular weight is 386 g/mol. The van der Waals surface area contributed by atoms with E-state index in [0.717, 1.165) is 17.8 Å². The Morgan fingerprint density at radius 3 is 2.59 bits per heavy atom. The molecule has 0 amide bonds. The minimum Gasteiger partial charge on any atom is -0.494 e. The van der Waals surface area contributed by atoms with Crippen LogP contribution in [-0.4, -0.2) is 29.8 Å².